The molecule has 0 atom stereocenters. The van der Waals surface area contributed by atoms with Crippen molar-refractivity contribution in [1.82, 2.24) is 4.90 Å². The Hall–Kier alpha value is -3.45. The van der Waals surface area contributed by atoms with Gasteiger partial charge in [-0.15, -0.1) is 0 Å². The molecule has 3 rings (SSSR count). The van der Waals surface area contributed by atoms with E-state index >= 15 is 0 Å². The van der Waals surface area contributed by atoms with Crippen LogP contribution in [0.15, 0.2) is 77.4 Å². The zero-order chi connectivity index (χ0) is 19.1. The van der Waals surface area contributed by atoms with Gasteiger partial charge in [-0.3, -0.25) is 19.8 Å². The number of carbonyl (C=O) groups excluding carboxylic acids is 1. The first-order valence-corrected chi connectivity index (χ1v) is 8.44. The summed E-state index contributed by atoms with van der Waals surface area (Å²) < 4.78 is 5.39. The average molecular weight is 365 g/mol. The van der Waals surface area contributed by atoms with Crippen LogP contribution in [0.25, 0.3) is 0 Å². The molecule has 0 fully saturated rings. The highest BCUT2D eigenvalue weighted by atomic mass is 16.6. The van der Waals surface area contributed by atoms with Crippen molar-refractivity contribution >= 4 is 17.3 Å². The van der Waals surface area contributed by atoms with Gasteiger partial charge >= 0.3 is 0 Å². The number of anilines is 1. The monoisotopic (exact) mass is 365 g/mol. The Morgan fingerprint density at radius 2 is 1.74 bits per heavy atom. The summed E-state index contributed by atoms with van der Waals surface area (Å²) >= 11 is 0. The molecule has 0 spiro atoms. The normalized spacial score (nSPS) is 10.7. The minimum atomic E-state index is -0.514. The predicted octanol–water partition coefficient (Wildman–Crippen LogP) is 3.83. The van der Waals surface area contributed by atoms with Crippen LogP contribution < -0.4 is 5.32 Å². The molecule has 2 aromatic carbocycles. The van der Waals surface area contributed by atoms with Crippen molar-refractivity contribution in [3.63, 3.8) is 0 Å². The number of hydrogen-bond acceptors (Lipinski definition) is 5. The molecule has 0 saturated carbocycles. The molecule has 0 radical (unpaired) electrons. The Kier molecular flexibility index (Phi) is 5.96. The summed E-state index contributed by atoms with van der Waals surface area (Å²) in [5.41, 5.74) is 1.11. The Labute approximate surface area is 156 Å². The number of carbonyl (C=O) groups is 1. The number of rotatable bonds is 8. The molecular weight excluding hydrogens is 346 g/mol. The lowest BCUT2D eigenvalue weighted by Gasteiger charge is -2.21. The third-order valence-electron chi connectivity index (χ3n) is 3.95. The third kappa shape index (κ3) is 5.26. The summed E-state index contributed by atoms with van der Waals surface area (Å²) in [5.74, 6) is 0.413. The van der Waals surface area contributed by atoms with Crippen LogP contribution in [0.4, 0.5) is 11.4 Å². The molecule has 0 bridgehead atoms. The predicted molar refractivity (Wildman–Crippen MR) is 101 cm³/mol. The maximum atomic E-state index is 12.5. The summed E-state index contributed by atoms with van der Waals surface area (Å²) in [6, 6.07) is 19.5. The second kappa shape index (κ2) is 8.77. The van der Waals surface area contributed by atoms with E-state index in [0.29, 0.717) is 13.1 Å². The van der Waals surface area contributed by atoms with Crippen molar-refractivity contribution in [3.8, 4) is 0 Å². The van der Waals surface area contributed by atoms with Crippen LogP contribution in [0, 0.1) is 10.1 Å². The Balaban J connectivity index is 1.71. The first-order valence-electron chi connectivity index (χ1n) is 8.44. The largest absolute Gasteiger partial charge is 0.468 e. The molecule has 0 saturated heterocycles. The van der Waals surface area contributed by atoms with Crippen molar-refractivity contribution < 1.29 is 14.1 Å². The molecule has 0 aliphatic carbocycles. The zero-order valence-corrected chi connectivity index (χ0v) is 14.6. The minimum Gasteiger partial charge on any atom is -0.468 e. The van der Waals surface area contributed by atoms with Crippen LogP contribution in [-0.2, 0) is 17.9 Å². The second-order valence-electron chi connectivity index (χ2n) is 6.03. The van der Waals surface area contributed by atoms with E-state index in [1.54, 1.807) is 24.5 Å². The third-order valence-corrected chi connectivity index (χ3v) is 3.95. The number of hydrogen-bond donors (Lipinski definition) is 1. The van der Waals surface area contributed by atoms with Gasteiger partial charge in [-0.2, -0.15) is 0 Å². The van der Waals surface area contributed by atoms with Crippen molar-refractivity contribution in [2.75, 3.05) is 11.9 Å². The van der Waals surface area contributed by atoms with E-state index in [4.69, 9.17) is 4.42 Å². The number of nitro benzene ring substituents is 1. The summed E-state index contributed by atoms with van der Waals surface area (Å²) in [4.78, 5) is 25.0. The van der Waals surface area contributed by atoms with E-state index in [9.17, 15) is 14.9 Å². The summed E-state index contributed by atoms with van der Waals surface area (Å²) in [7, 11) is 0. The smallest absolute Gasteiger partial charge is 0.292 e. The quantitative estimate of drug-likeness (QED) is 0.484. The van der Waals surface area contributed by atoms with Crippen molar-refractivity contribution in [1.29, 1.82) is 0 Å². The summed E-state index contributed by atoms with van der Waals surface area (Å²) in [5, 5.41) is 13.7. The molecule has 27 heavy (non-hydrogen) atoms. The fourth-order valence-electron chi connectivity index (χ4n) is 2.76. The molecule has 1 heterocycles. The van der Waals surface area contributed by atoms with Crippen molar-refractivity contribution in [2.24, 2.45) is 0 Å². The Morgan fingerprint density at radius 3 is 2.44 bits per heavy atom. The van der Waals surface area contributed by atoms with Gasteiger partial charge in [0.2, 0.25) is 5.91 Å². The van der Waals surface area contributed by atoms with E-state index < -0.39 is 4.92 Å². The first kappa shape index (κ1) is 18.3. The Morgan fingerprint density at radius 1 is 1.00 bits per heavy atom. The highest BCUT2D eigenvalue weighted by Gasteiger charge is 2.18. The number of nitro groups is 1. The van der Waals surface area contributed by atoms with Gasteiger partial charge < -0.3 is 9.73 Å². The molecule has 0 aliphatic heterocycles. The van der Waals surface area contributed by atoms with E-state index in [2.05, 4.69) is 5.32 Å². The highest BCUT2D eigenvalue weighted by molar-refractivity contribution is 5.94. The van der Waals surface area contributed by atoms with Gasteiger partial charge in [0.05, 0.1) is 24.3 Å². The molecule has 1 aromatic heterocycles. The fraction of sp³-hybridized carbons (Fsp3) is 0.150. The summed E-state index contributed by atoms with van der Waals surface area (Å²) in [6.45, 7) is 1.07. The van der Waals surface area contributed by atoms with Crippen LogP contribution in [0.1, 0.15) is 11.3 Å². The van der Waals surface area contributed by atoms with Gasteiger partial charge in [0.15, 0.2) is 0 Å². The van der Waals surface area contributed by atoms with E-state index in [1.807, 2.05) is 41.3 Å². The lowest BCUT2D eigenvalue weighted by Crippen LogP contribution is -2.32. The second-order valence-corrected chi connectivity index (χ2v) is 6.03. The minimum absolute atomic E-state index is 0.0711. The number of para-hydroxylation sites is 2. The molecule has 138 valence electrons. The fourth-order valence-corrected chi connectivity index (χ4v) is 2.76. The number of benzene rings is 2. The molecule has 3 aromatic rings. The van der Waals surface area contributed by atoms with E-state index in [-0.39, 0.29) is 23.8 Å². The SMILES string of the molecule is O=C(CN(Cc1ccccc1)Cc1ccco1)Nc1ccccc1[N+](=O)[O-]. The van der Waals surface area contributed by atoms with Crippen LogP contribution in [0.3, 0.4) is 0 Å². The lowest BCUT2D eigenvalue weighted by molar-refractivity contribution is -0.383. The van der Waals surface area contributed by atoms with Gasteiger partial charge in [0.1, 0.15) is 11.4 Å². The number of amides is 1. The number of nitrogens with zero attached hydrogens (tertiary/aromatic N) is 2. The highest BCUT2D eigenvalue weighted by Crippen LogP contribution is 2.23. The zero-order valence-electron chi connectivity index (χ0n) is 14.6. The van der Waals surface area contributed by atoms with Gasteiger partial charge in [-0.1, -0.05) is 42.5 Å². The molecule has 1 N–H and O–H groups in total. The standard InChI is InChI=1S/C20H19N3O4/c24-20(21-18-10-4-5-11-19(18)23(25)26)15-22(14-17-9-6-12-27-17)13-16-7-2-1-3-8-16/h1-12H,13-15H2,(H,21,24). The summed E-state index contributed by atoms with van der Waals surface area (Å²) in [6.07, 6.45) is 1.59. The Bertz CT molecular complexity index is 895. The van der Waals surface area contributed by atoms with Crippen LogP contribution >= 0.6 is 0 Å². The average Bonchev–Trinajstić information content (AvgIpc) is 3.15. The molecule has 7 heteroatoms. The topological polar surface area (TPSA) is 88.6 Å². The van der Waals surface area contributed by atoms with Crippen LogP contribution in [0.5, 0.6) is 0 Å². The molecule has 0 aliphatic rings. The van der Waals surface area contributed by atoms with Gasteiger partial charge in [0, 0.05) is 12.6 Å². The van der Waals surface area contributed by atoms with E-state index in [1.165, 1.54) is 12.1 Å². The lowest BCUT2D eigenvalue weighted by atomic mass is 10.2. The molecule has 7 nitrogen and oxygen atoms in total. The van der Waals surface area contributed by atoms with Crippen molar-refractivity contribution in [2.45, 2.75) is 13.1 Å². The maximum Gasteiger partial charge on any atom is 0.292 e. The molecule has 1 amide bonds. The number of furan rings is 1. The van der Waals surface area contributed by atoms with Crippen LogP contribution in [0.2, 0.25) is 0 Å². The maximum absolute atomic E-state index is 12.5. The van der Waals surface area contributed by atoms with Gasteiger partial charge in [-0.25, -0.2) is 0 Å². The molecule has 0 unspecified atom stereocenters. The number of nitrogens with one attached hydrogen (secondary N) is 1. The van der Waals surface area contributed by atoms with Crippen LogP contribution in [-0.4, -0.2) is 22.3 Å². The van der Waals surface area contributed by atoms with Gasteiger partial charge in [0.25, 0.3) is 5.69 Å². The van der Waals surface area contributed by atoms with Gasteiger partial charge in [-0.05, 0) is 23.8 Å². The van der Waals surface area contributed by atoms with E-state index in [0.717, 1.165) is 11.3 Å². The first-order chi connectivity index (χ1) is 13.1. The van der Waals surface area contributed by atoms with Crippen molar-refractivity contribution in [3.05, 3.63) is 94.4 Å². The molecular formula is C20H19N3O4.